The Kier molecular flexibility index (Phi) is 4.77. The summed E-state index contributed by atoms with van der Waals surface area (Å²) in [6, 6.07) is 5.92. The number of benzene rings is 1. The highest BCUT2D eigenvalue weighted by molar-refractivity contribution is 7.91. The highest BCUT2D eigenvalue weighted by Crippen LogP contribution is 2.25. The smallest absolute Gasteiger partial charge is 0.274 e. The van der Waals surface area contributed by atoms with E-state index in [9.17, 15) is 22.0 Å². The Hall–Kier alpha value is -2.00. The van der Waals surface area contributed by atoms with E-state index in [0.29, 0.717) is 15.2 Å². The average Bonchev–Trinajstić information content (AvgIpc) is 2.88. The maximum absolute atomic E-state index is 13.9. The van der Waals surface area contributed by atoms with Crippen molar-refractivity contribution in [1.82, 2.24) is 4.72 Å². The molecule has 0 bridgehead atoms. The van der Waals surface area contributed by atoms with Crippen molar-refractivity contribution >= 4 is 33.1 Å². The van der Waals surface area contributed by atoms with Crippen LogP contribution in [-0.4, -0.2) is 14.3 Å². The number of anilines is 1. The van der Waals surface area contributed by atoms with Gasteiger partial charge in [0, 0.05) is 17.9 Å². The number of carbonyl (C=O) groups excluding carboxylic acids is 1. The molecule has 0 radical (unpaired) electrons. The van der Waals surface area contributed by atoms with Crippen molar-refractivity contribution in [1.29, 1.82) is 0 Å². The van der Waals surface area contributed by atoms with Crippen LogP contribution in [0.15, 0.2) is 35.7 Å². The fraction of sp³-hybridized carbons (Fsp3) is 0.154. The molecule has 0 atom stereocenters. The summed E-state index contributed by atoms with van der Waals surface area (Å²) in [6.45, 7) is 0.852. The molecule has 9 heteroatoms. The third-order valence-corrected chi connectivity index (χ3v) is 4.93. The number of rotatable bonds is 5. The molecule has 0 aliphatic heterocycles. The van der Waals surface area contributed by atoms with E-state index in [2.05, 4.69) is 0 Å². The van der Waals surface area contributed by atoms with Gasteiger partial charge in [-0.05, 0) is 23.6 Å². The van der Waals surface area contributed by atoms with Crippen LogP contribution in [0.1, 0.15) is 11.8 Å². The zero-order valence-corrected chi connectivity index (χ0v) is 13.0. The molecule has 1 aromatic carbocycles. The lowest BCUT2D eigenvalue weighted by Crippen LogP contribution is -2.42. The van der Waals surface area contributed by atoms with Crippen molar-refractivity contribution in [3.05, 3.63) is 52.2 Å². The number of thiophene rings is 1. The molecule has 0 saturated carbocycles. The summed E-state index contributed by atoms with van der Waals surface area (Å²) in [5.74, 6) is -2.67. The van der Waals surface area contributed by atoms with E-state index in [0.717, 1.165) is 19.1 Å². The zero-order valence-electron chi connectivity index (χ0n) is 11.4. The molecular formula is C13H12F2N2O3S2. The van der Waals surface area contributed by atoms with Crippen LogP contribution in [0.3, 0.4) is 0 Å². The molecule has 0 fully saturated rings. The van der Waals surface area contributed by atoms with Crippen molar-refractivity contribution in [3.63, 3.8) is 0 Å². The minimum absolute atomic E-state index is 0.178. The highest BCUT2D eigenvalue weighted by atomic mass is 32.2. The molecule has 1 aromatic heterocycles. The van der Waals surface area contributed by atoms with E-state index in [4.69, 9.17) is 0 Å². The van der Waals surface area contributed by atoms with E-state index in [-0.39, 0.29) is 12.2 Å². The molecule has 1 N–H and O–H groups in total. The standard InChI is InChI=1S/C13H12F2N2O3S2/c1-9(18)16-22(19,20)17(8-11-3-2-6-21-11)13-5-4-10(14)7-12(13)15/h2-7H,8H2,1H3,(H,16,18). The molecule has 2 aromatic rings. The zero-order chi connectivity index (χ0) is 16.3. The number of nitrogens with zero attached hydrogens (tertiary/aromatic N) is 1. The predicted octanol–water partition coefficient (Wildman–Crippen LogP) is 2.41. The normalized spacial score (nSPS) is 11.2. The Morgan fingerprint density at radius 2 is 2.05 bits per heavy atom. The Bertz CT molecular complexity index is 777. The van der Waals surface area contributed by atoms with E-state index < -0.39 is 27.8 Å². The van der Waals surface area contributed by atoms with Gasteiger partial charge in [-0.15, -0.1) is 11.3 Å². The summed E-state index contributed by atoms with van der Waals surface area (Å²) in [5, 5.41) is 1.74. The van der Waals surface area contributed by atoms with E-state index in [1.165, 1.54) is 11.3 Å². The third-order valence-electron chi connectivity index (χ3n) is 2.62. The first-order valence-electron chi connectivity index (χ1n) is 6.08. The maximum atomic E-state index is 13.9. The van der Waals surface area contributed by atoms with Crippen LogP contribution >= 0.6 is 11.3 Å². The molecule has 0 aliphatic carbocycles. The molecule has 1 amide bonds. The van der Waals surface area contributed by atoms with Gasteiger partial charge in [0.2, 0.25) is 5.91 Å². The first-order chi connectivity index (χ1) is 10.3. The summed E-state index contributed by atoms with van der Waals surface area (Å²) >= 11 is 1.27. The van der Waals surface area contributed by atoms with E-state index in [1.54, 1.807) is 22.2 Å². The minimum atomic E-state index is -4.31. The second-order valence-corrected chi connectivity index (χ2v) is 6.97. The average molecular weight is 346 g/mol. The molecule has 0 unspecified atom stereocenters. The van der Waals surface area contributed by atoms with Gasteiger partial charge < -0.3 is 0 Å². The van der Waals surface area contributed by atoms with Crippen molar-refractivity contribution in [2.75, 3.05) is 4.31 Å². The van der Waals surface area contributed by atoms with Crippen LogP contribution in [0, 0.1) is 11.6 Å². The number of carbonyl (C=O) groups is 1. The van der Waals surface area contributed by atoms with Gasteiger partial charge in [-0.2, -0.15) is 8.42 Å². The molecule has 0 spiro atoms. The molecule has 0 saturated heterocycles. The number of hydrogen-bond acceptors (Lipinski definition) is 4. The number of halogens is 2. The van der Waals surface area contributed by atoms with Crippen LogP contribution < -0.4 is 9.03 Å². The molecule has 5 nitrogen and oxygen atoms in total. The van der Waals surface area contributed by atoms with E-state index in [1.807, 2.05) is 0 Å². The Morgan fingerprint density at radius 1 is 1.32 bits per heavy atom. The van der Waals surface area contributed by atoms with Crippen molar-refractivity contribution in [2.24, 2.45) is 0 Å². The Labute approximate surface area is 130 Å². The van der Waals surface area contributed by atoms with Crippen molar-refractivity contribution < 1.29 is 22.0 Å². The monoisotopic (exact) mass is 346 g/mol. The number of amides is 1. The van der Waals surface area contributed by atoms with Gasteiger partial charge in [-0.3, -0.25) is 4.79 Å². The molecule has 2 rings (SSSR count). The van der Waals surface area contributed by atoms with Crippen LogP contribution in [-0.2, 0) is 21.5 Å². The first kappa shape index (κ1) is 16.4. The highest BCUT2D eigenvalue weighted by Gasteiger charge is 2.26. The fourth-order valence-electron chi connectivity index (χ4n) is 1.76. The Balaban J connectivity index is 2.47. The van der Waals surface area contributed by atoms with Gasteiger partial charge in [0.25, 0.3) is 0 Å². The second kappa shape index (κ2) is 6.41. The SMILES string of the molecule is CC(=O)NS(=O)(=O)N(Cc1cccs1)c1ccc(F)cc1F. The number of hydrogen-bond donors (Lipinski definition) is 1. The van der Waals surface area contributed by atoms with Crippen LogP contribution in [0.5, 0.6) is 0 Å². The van der Waals surface area contributed by atoms with Gasteiger partial charge >= 0.3 is 10.2 Å². The fourth-order valence-corrected chi connectivity index (χ4v) is 3.73. The first-order valence-corrected chi connectivity index (χ1v) is 8.40. The van der Waals surface area contributed by atoms with E-state index >= 15 is 0 Å². The van der Waals surface area contributed by atoms with Crippen molar-refractivity contribution in [2.45, 2.75) is 13.5 Å². The lowest BCUT2D eigenvalue weighted by atomic mass is 10.3. The predicted molar refractivity (Wildman–Crippen MR) is 79.6 cm³/mol. The third kappa shape index (κ3) is 3.80. The summed E-state index contributed by atoms with van der Waals surface area (Å²) in [4.78, 5) is 11.7. The second-order valence-electron chi connectivity index (χ2n) is 4.35. The topological polar surface area (TPSA) is 66.5 Å². The van der Waals surface area contributed by atoms with Crippen LogP contribution in [0.4, 0.5) is 14.5 Å². The molecule has 22 heavy (non-hydrogen) atoms. The lowest BCUT2D eigenvalue weighted by Gasteiger charge is -2.24. The molecule has 0 aliphatic rings. The summed E-state index contributed by atoms with van der Waals surface area (Å²) in [7, 11) is -4.31. The summed E-state index contributed by atoms with van der Waals surface area (Å²) in [5.41, 5.74) is -0.344. The number of nitrogens with one attached hydrogen (secondary N) is 1. The Morgan fingerprint density at radius 3 is 2.59 bits per heavy atom. The van der Waals surface area contributed by atoms with Gasteiger partial charge in [-0.25, -0.2) is 17.8 Å². The van der Waals surface area contributed by atoms with Gasteiger partial charge in [0.1, 0.15) is 11.6 Å². The van der Waals surface area contributed by atoms with Gasteiger partial charge in [0.05, 0.1) is 12.2 Å². The maximum Gasteiger partial charge on any atom is 0.326 e. The quantitative estimate of drug-likeness (QED) is 0.904. The largest absolute Gasteiger partial charge is 0.326 e. The van der Waals surface area contributed by atoms with Crippen molar-refractivity contribution in [3.8, 4) is 0 Å². The van der Waals surface area contributed by atoms with Gasteiger partial charge in [-0.1, -0.05) is 6.07 Å². The summed E-state index contributed by atoms with van der Waals surface area (Å²) < 4.78 is 53.9. The molecule has 1 heterocycles. The minimum Gasteiger partial charge on any atom is -0.274 e. The van der Waals surface area contributed by atoms with Gasteiger partial charge in [0.15, 0.2) is 0 Å². The molecular weight excluding hydrogens is 334 g/mol. The lowest BCUT2D eigenvalue weighted by molar-refractivity contribution is -0.117. The van der Waals surface area contributed by atoms with Crippen LogP contribution in [0.25, 0.3) is 0 Å². The van der Waals surface area contributed by atoms with Crippen LogP contribution in [0.2, 0.25) is 0 Å². The molecule has 118 valence electrons. The summed E-state index contributed by atoms with van der Waals surface area (Å²) in [6.07, 6.45) is 0.